The number of ether oxygens (including phenoxy) is 2. The lowest BCUT2D eigenvalue weighted by molar-refractivity contribution is -0.147. The van der Waals surface area contributed by atoms with E-state index in [4.69, 9.17) is 15.2 Å². The average molecular weight is 297 g/mol. The van der Waals surface area contributed by atoms with E-state index in [1.54, 1.807) is 18.9 Å². The van der Waals surface area contributed by atoms with Crippen LogP contribution in [0.5, 0.6) is 5.75 Å². The van der Waals surface area contributed by atoms with Gasteiger partial charge in [0.2, 0.25) is 0 Å². The van der Waals surface area contributed by atoms with E-state index in [9.17, 15) is 4.79 Å². The summed E-state index contributed by atoms with van der Waals surface area (Å²) in [5, 5.41) is 0. The van der Waals surface area contributed by atoms with Gasteiger partial charge in [0.1, 0.15) is 5.75 Å². The van der Waals surface area contributed by atoms with Crippen molar-refractivity contribution in [3.05, 3.63) is 29.8 Å². The number of carbonyl (C=O) groups is 1. The first-order chi connectivity index (χ1) is 9.51. The first-order valence-electron chi connectivity index (χ1n) is 6.67. The minimum atomic E-state index is -0.224. The summed E-state index contributed by atoms with van der Waals surface area (Å²) in [6, 6.07) is 7.78. The summed E-state index contributed by atoms with van der Waals surface area (Å²) in [4.78, 5) is 11.4. The van der Waals surface area contributed by atoms with Crippen molar-refractivity contribution in [1.29, 1.82) is 0 Å². The highest BCUT2D eigenvalue weighted by atomic mass is 32.2. The Hall–Kier alpha value is -1.20. The van der Waals surface area contributed by atoms with Crippen LogP contribution in [0.1, 0.15) is 25.8 Å². The quantitative estimate of drug-likeness (QED) is 0.747. The second-order valence-electron chi connectivity index (χ2n) is 4.87. The van der Waals surface area contributed by atoms with Gasteiger partial charge in [-0.3, -0.25) is 4.79 Å². The summed E-state index contributed by atoms with van der Waals surface area (Å²) < 4.78 is 10.2. The van der Waals surface area contributed by atoms with Gasteiger partial charge in [0.25, 0.3) is 0 Å². The smallest absolute Gasteiger partial charge is 0.307 e. The first kappa shape index (κ1) is 16.9. The van der Waals surface area contributed by atoms with E-state index in [1.807, 2.05) is 38.1 Å². The molecule has 0 aliphatic heterocycles. The number of carbonyl (C=O) groups excluding carboxylic acids is 1. The minimum absolute atomic E-state index is 0.0818. The molecule has 0 fully saturated rings. The Morgan fingerprint density at radius 2 is 1.95 bits per heavy atom. The number of hydrogen-bond acceptors (Lipinski definition) is 5. The van der Waals surface area contributed by atoms with Gasteiger partial charge in [0, 0.05) is 17.5 Å². The molecule has 1 aromatic carbocycles. The van der Waals surface area contributed by atoms with Crippen LogP contribution in [-0.2, 0) is 15.3 Å². The minimum Gasteiger partial charge on any atom is -0.497 e. The van der Waals surface area contributed by atoms with E-state index >= 15 is 0 Å². The highest BCUT2D eigenvalue weighted by Crippen LogP contribution is 2.17. The molecule has 1 aromatic rings. The number of benzene rings is 1. The highest BCUT2D eigenvalue weighted by molar-refractivity contribution is 7.98. The molecule has 1 unspecified atom stereocenters. The lowest BCUT2D eigenvalue weighted by Gasteiger charge is -2.12. The number of esters is 1. The van der Waals surface area contributed by atoms with Crippen molar-refractivity contribution in [3.8, 4) is 5.75 Å². The topological polar surface area (TPSA) is 61.5 Å². The Morgan fingerprint density at radius 3 is 2.50 bits per heavy atom. The maximum atomic E-state index is 11.4. The normalized spacial score (nSPS) is 12.2. The van der Waals surface area contributed by atoms with Crippen molar-refractivity contribution in [2.24, 2.45) is 5.73 Å². The van der Waals surface area contributed by atoms with Gasteiger partial charge >= 0.3 is 5.97 Å². The summed E-state index contributed by atoms with van der Waals surface area (Å²) in [5.41, 5.74) is 7.13. The van der Waals surface area contributed by atoms with Crippen molar-refractivity contribution >= 4 is 17.7 Å². The molecular formula is C15H23NO3S. The van der Waals surface area contributed by atoms with Crippen LogP contribution in [0, 0.1) is 0 Å². The van der Waals surface area contributed by atoms with E-state index in [-0.39, 0.29) is 24.5 Å². The molecule has 0 radical (unpaired) electrons. The van der Waals surface area contributed by atoms with E-state index in [2.05, 4.69) is 0 Å². The van der Waals surface area contributed by atoms with E-state index in [1.165, 1.54) is 5.56 Å². The second kappa shape index (κ2) is 8.87. The Balaban J connectivity index is 2.23. The molecule has 0 aliphatic rings. The maximum Gasteiger partial charge on any atom is 0.307 e. The van der Waals surface area contributed by atoms with E-state index in [0.717, 1.165) is 17.3 Å². The molecular weight excluding hydrogens is 274 g/mol. The molecule has 1 rings (SSSR count). The summed E-state index contributed by atoms with van der Waals surface area (Å²) in [6.07, 6.45) is 0.190. The number of thioether (sulfide) groups is 1. The number of hydrogen-bond donors (Lipinski definition) is 1. The van der Waals surface area contributed by atoms with Crippen molar-refractivity contribution in [2.45, 2.75) is 38.2 Å². The summed E-state index contributed by atoms with van der Waals surface area (Å²) >= 11 is 1.72. The fourth-order valence-corrected chi connectivity index (χ4v) is 2.60. The lowest BCUT2D eigenvalue weighted by Crippen LogP contribution is -2.28. The SMILES string of the molecule is COc1ccc(CSCC(N)CC(=O)OC(C)C)cc1. The second-order valence-corrected chi connectivity index (χ2v) is 5.90. The Labute approximate surface area is 125 Å². The summed E-state index contributed by atoms with van der Waals surface area (Å²) in [6.45, 7) is 3.67. The van der Waals surface area contributed by atoms with Gasteiger partial charge in [-0.2, -0.15) is 11.8 Å². The van der Waals surface area contributed by atoms with Crippen molar-refractivity contribution in [3.63, 3.8) is 0 Å². The fourth-order valence-electron chi connectivity index (χ4n) is 1.63. The molecule has 0 bridgehead atoms. The average Bonchev–Trinajstić information content (AvgIpc) is 2.38. The molecule has 0 spiro atoms. The molecule has 112 valence electrons. The molecule has 5 heteroatoms. The summed E-state index contributed by atoms with van der Waals surface area (Å²) in [7, 11) is 1.65. The molecule has 1 atom stereocenters. The summed E-state index contributed by atoms with van der Waals surface area (Å²) in [5.74, 6) is 2.24. The monoisotopic (exact) mass is 297 g/mol. The molecule has 20 heavy (non-hydrogen) atoms. The van der Waals surface area contributed by atoms with Crippen LogP contribution in [-0.4, -0.2) is 31.0 Å². The third kappa shape index (κ3) is 6.82. The van der Waals surface area contributed by atoms with Gasteiger partial charge in [-0.1, -0.05) is 12.1 Å². The van der Waals surface area contributed by atoms with Crippen molar-refractivity contribution < 1.29 is 14.3 Å². The Kier molecular flexibility index (Phi) is 7.47. The van der Waals surface area contributed by atoms with Crippen molar-refractivity contribution in [1.82, 2.24) is 0 Å². The van der Waals surface area contributed by atoms with Crippen LogP contribution in [0.4, 0.5) is 0 Å². The molecule has 0 saturated carbocycles. The molecule has 0 saturated heterocycles. The zero-order chi connectivity index (χ0) is 15.0. The molecule has 4 nitrogen and oxygen atoms in total. The third-order valence-corrected chi connectivity index (χ3v) is 3.76. The predicted molar refractivity (Wildman–Crippen MR) is 83.0 cm³/mol. The zero-order valence-corrected chi connectivity index (χ0v) is 13.1. The molecule has 0 amide bonds. The fraction of sp³-hybridized carbons (Fsp3) is 0.533. The largest absolute Gasteiger partial charge is 0.497 e. The third-order valence-electron chi connectivity index (χ3n) is 2.56. The first-order valence-corrected chi connectivity index (χ1v) is 7.82. The zero-order valence-electron chi connectivity index (χ0n) is 12.3. The van der Waals surface area contributed by atoms with Crippen LogP contribution < -0.4 is 10.5 Å². The predicted octanol–water partition coefficient (Wildman–Crippen LogP) is 2.60. The Bertz CT molecular complexity index is 406. The number of nitrogens with two attached hydrogens (primary N) is 1. The number of methoxy groups -OCH3 is 1. The molecule has 2 N–H and O–H groups in total. The Morgan fingerprint density at radius 1 is 1.30 bits per heavy atom. The van der Waals surface area contributed by atoms with Gasteiger partial charge in [-0.05, 0) is 31.5 Å². The standard InChI is InChI=1S/C15H23NO3S/c1-11(2)19-15(17)8-13(16)10-20-9-12-4-6-14(18-3)7-5-12/h4-7,11,13H,8-10,16H2,1-3H3. The van der Waals surface area contributed by atoms with Gasteiger partial charge in [-0.25, -0.2) is 0 Å². The molecule has 0 aliphatic carbocycles. The molecule has 0 aromatic heterocycles. The highest BCUT2D eigenvalue weighted by Gasteiger charge is 2.12. The van der Waals surface area contributed by atoms with Crippen LogP contribution in [0.15, 0.2) is 24.3 Å². The van der Waals surface area contributed by atoms with Gasteiger partial charge in [0.05, 0.1) is 19.6 Å². The maximum absolute atomic E-state index is 11.4. The van der Waals surface area contributed by atoms with Crippen LogP contribution in [0.3, 0.4) is 0 Å². The van der Waals surface area contributed by atoms with E-state index < -0.39 is 0 Å². The van der Waals surface area contributed by atoms with Crippen LogP contribution >= 0.6 is 11.8 Å². The van der Waals surface area contributed by atoms with Gasteiger partial charge < -0.3 is 15.2 Å². The molecule has 0 heterocycles. The van der Waals surface area contributed by atoms with E-state index in [0.29, 0.717) is 0 Å². The van der Waals surface area contributed by atoms with Crippen molar-refractivity contribution in [2.75, 3.05) is 12.9 Å². The lowest BCUT2D eigenvalue weighted by atomic mass is 10.2. The number of rotatable bonds is 8. The van der Waals surface area contributed by atoms with Crippen LogP contribution in [0.2, 0.25) is 0 Å². The van der Waals surface area contributed by atoms with Crippen LogP contribution in [0.25, 0.3) is 0 Å². The van der Waals surface area contributed by atoms with Gasteiger partial charge in [0.15, 0.2) is 0 Å². The van der Waals surface area contributed by atoms with Gasteiger partial charge in [-0.15, -0.1) is 0 Å².